The number of oxime groups is 1. The summed E-state index contributed by atoms with van der Waals surface area (Å²) < 4.78 is 12.2. The molecule has 0 amide bonds. The molecule has 0 bridgehead atoms. The SMILES string of the molecule is CCCCCCCCC1(C)OCC(CCCCON=C(C)c2ccc3ccccc3c2)CO1. The van der Waals surface area contributed by atoms with E-state index in [0.29, 0.717) is 12.5 Å². The van der Waals surface area contributed by atoms with Gasteiger partial charge in [0.15, 0.2) is 5.79 Å². The van der Waals surface area contributed by atoms with Crippen LogP contribution in [0.15, 0.2) is 47.6 Å². The molecule has 1 aliphatic rings. The van der Waals surface area contributed by atoms with E-state index >= 15 is 0 Å². The Hall–Kier alpha value is -1.91. The molecule has 0 atom stereocenters. The molecule has 0 saturated carbocycles. The highest BCUT2D eigenvalue weighted by Crippen LogP contribution is 2.29. The Morgan fingerprint density at radius 2 is 1.67 bits per heavy atom. The van der Waals surface area contributed by atoms with Crippen molar-refractivity contribution in [3.05, 3.63) is 48.0 Å². The monoisotopic (exact) mass is 453 g/mol. The molecule has 3 rings (SSSR count). The van der Waals surface area contributed by atoms with Crippen molar-refractivity contribution < 1.29 is 14.3 Å². The molecule has 1 aliphatic heterocycles. The van der Waals surface area contributed by atoms with Crippen LogP contribution in [0.3, 0.4) is 0 Å². The minimum atomic E-state index is -0.376. The van der Waals surface area contributed by atoms with Crippen molar-refractivity contribution in [2.24, 2.45) is 11.1 Å². The predicted octanol–water partition coefficient (Wildman–Crippen LogP) is 7.88. The standard InChI is InChI=1S/C29H43NO3/c1-4-5-6-7-8-12-19-29(3)31-22-25(23-32-29)14-11-13-20-33-30-24(2)27-18-17-26-15-9-10-16-28(26)21-27/h9-10,15-18,21,25H,4-8,11-14,19-20,22-23H2,1-3H3. The number of hydrogen-bond donors (Lipinski definition) is 0. The summed E-state index contributed by atoms with van der Waals surface area (Å²) in [6.07, 6.45) is 12.1. The molecule has 0 N–H and O–H groups in total. The fraction of sp³-hybridized carbons (Fsp3) is 0.621. The number of nitrogens with zero attached hydrogens (tertiary/aromatic N) is 1. The van der Waals surface area contributed by atoms with Gasteiger partial charge in [0.2, 0.25) is 0 Å². The van der Waals surface area contributed by atoms with Gasteiger partial charge in [0, 0.05) is 12.3 Å². The van der Waals surface area contributed by atoms with E-state index in [1.807, 2.05) is 6.92 Å². The summed E-state index contributed by atoms with van der Waals surface area (Å²) in [5, 5.41) is 6.79. The third-order valence-electron chi connectivity index (χ3n) is 6.70. The first-order valence-corrected chi connectivity index (χ1v) is 13.0. The van der Waals surface area contributed by atoms with Crippen LogP contribution in [-0.2, 0) is 14.3 Å². The molecule has 1 saturated heterocycles. The van der Waals surface area contributed by atoms with E-state index in [-0.39, 0.29) is 5.79 Å². The molecule has 2 aromatic carbocycles. The normalized spacial score (nSPS) is 21.4. The average molecular weight is 454 g/mol. The lowest BCUT2D eigenvalue weighted by atomic mass is 10.0. The molecule has 4 heteroatoms. The van der Waals surface area contributed by atoms with Gasteiger partial charge in [0.25, 0.3) is 0 Å². The summed E-state index contributed by atoms with van der Waals surface area (Å²) in [7, 11) is 0. The van der Waals surface area contributed by atoms with Gasteiger partial charge in [-0.1, -0.05) is 80.6 Å². The summed E-state index contributed by atoms with van der Waals surface area (Å²) in [6.45, 7) is 8.65. The van der Waals surface area contributed by atoms with Crippen LogP contribution in [0.4, 0.5) is 0 Å². The third-order valence-corrected chi connectivity index (χ3v) is 6.70. The molecular formula is C29H43NO3. The van der Waals surface area contributed by atoms with E-state index in [0.717, 1.165) is 50.2 Å². The summed E-state index contributed by atoms with van der Waals surface area (Å²) in [5.74, 6) is 0.116. The zero-order valence-electron chi connectivity index (χ0n) is 21.0. The van der Waals surface area contributed by atoms with Gasteiger partial charge in [-0.3, -0.25) is 0 Å². The van der Waals surface area contributed by atoms with Crippen molar-refractivity contribution in [1.82, 2.24) is 0 Å². The van der Waals surface area contributed by atoms with Gasteiger partial charge in [-0.2, -0.15) is 0 Å². The largest absolute Gasteiger partial charge is 0.396 e. The topological polar surface area (TPSA) is 40.0 Å². The molecular weight excluding hydrogens is 410 g/mol. The number of fused-ring (bicyclic) bond motifs is 1. The molecule has 1 heterocycles. The molecule has 4 nitrogen and oxygen atoms in total. The van der Waals surface area contributed by atoms with Crippen molar-refractivity contribution in [3.8, 4) is 0 Å². The third kappa shape index (κ3) is 8.75. The van der Waals surface area contributed by atoms with E-state index in [4.69, 9.17) is 14.3 Å². The Morgan fingerprint density at radius 3 is 2.45 bits per heavy atom. The lowest BCUT2D eigenvalue weighted by Gasteiger charge is -2.38. The number of hydrogen-bond acceptors (Lipinski definition) is 4. The highest BCUT2D eigenvalue weighted by Gasteiger charge is 2.32. The van der Waals surface area contributed by atoms with Crippen LogP contribution in [0.25, 0.3) is 10.8 Å². The summed E-state index contributed by atoms with van der Waals surface area (Å²) >= 11 is 0. The van der Waals surface area contributed by atoms with Gasteiger partial charge in [-0.05, 0) is 61.9 Å². The van der Waals surface area contributed by atoms with E-state index in [1.54, 1.807) is 0 Å². The Morgan fingerprint density at radius 1 is 0.939 bits per heavy atom. The predicted molar refractivity (Wildman–Crippen MR) is 138 cm³/mol. The maximum absolute atomic E-state index is 6.12. The van der Waals surface area contributed by atoms with Gasteiger partial charge in [-0.15, -0.1) is 0 Å². The first-order chi connectivity index (χ1) is 16.1. The van der Waals surface area contributed by atoms with Gasteiger partial charge < -0.3 is 14.3 Å². The molecule has 2 aromatic rings. The second-order valence-electron chi connectivity index (χ2n) is 9.71. The smallest absolute Gasteiger partial charge is 0.165 e. The van der Waals surface area contributed by atoms with Crippen LogP contribution in [-0.4, -0.2) is 31.3 Å². The molecule has 33 heavy (non-hydrogen) atoms. The van der Waals surface area contributed by atoms with Gasteiger partial charge in [0.05, 0.1) is 18.9 Å². The zero-order chi connectivity index (χ0) is 23.4. The first kappa shape index (κ1) is 25.7. The second-order valence-corrected chi connectivity index (χ2v) is 9.71. The van der Waals surface area contributed by atoms with Crippen LogP contribution in [0.1, 0.15) is 90.5 Å². The van der Waals surface area contributed by atoms with Crippen LogP contribution in [0.2, 0.25) is 0 Å². The minimum Gasteiger partial charge on any atom is -0.396 e. The summed E-state index contributed by atoms with van der Waals surface area (Å²) in [6, 6.07) is 14.8. The molecule has 0 radical (unpaired) electrons. The molecule has 0 aliphatic carbocycles. The second kappa shape index (κ2) is 13.7. The molecule has 0 aromatic heterocycles. The molecule has 0 unspecified atom stereocenters. The number of ether oxygens (including phenoxy) is 2. The number of unbranched alkanes of at least 4 members (excludes halogenated alkanes) is 6. The number of benzene rings is 2. The fourth-order valence-electron chi connectivity index (χ4n) is 4.42. The van der Waals surface area contributed by atoms with E-state index in [9.17, 15) is 0 Å². The van der Waals surface area contributed by atoms with E-state index < -0.39 is 0 Å². The van der Waals surface area contributed by atoms with Crippen LogP contribution >= 0.6 is 0 Å². The fourth-order valence-corrected chi connectivity index (χ4v) is 4.42. The van der Waals surface area contributed by atoms with Crippen LogP contribution < -0.4 is 0 Å². The Balaban J connectivity index is 1.26. The van der Waals surface area contributed by atoms with E-state index in [1.165, 1.54) is 49.3 Å². The highest BCUT2D eigenvalue weighted by atomic mass is 16.7. The average Bonchev–Trinajstić information content (AvgIpc) is 2.84. The highest BCUT2D eigenvalue weighted by molar-refractivity contribution is 6.01. The first-order valence-electron chi connectivity index (χ1n) is 13.0. The van der Waals surface area contributed by atoms with E-state index in [2.05, 4.69) is 61.5 Å². The quantitative estimate of drug-likeness (QED) is 0.166. The van der Waals surface area contributed by atoms with Crippen LogP contribution in [0, 0.1) is 5.92 Å². The molecule has 182 valence electrons. The lowest BCUT2D eigenvalue weighted by molar-refractivity contribution is -0.276. The Kier molecular flexibility index (Phi) is 10.7. The van der Waals surface area contributed by atoms with Crippen molar-refractivity contribution >= 4 is 16.5 Å². The van der Waals surface area contributed by atoms with Gasteiger partial charge in [0.1, 0.15) is 6.61 Å². The minimum absolute atomic E-state index is 0.376. The van der Waals surface area contributed by atoms with Crippen LogP contribution in [0.5, 0.6) is 0 Å². The zero-order valence-corrected chi connectivity index (χ0v) is 21.0. The van der Waals surface area contributed by atoms with Crippen molar-refractivity contribution in [1.29, 1.82) is 0 Å². The number of rotatable bonds is 14. The van der Waals surface area contributed by atoms with Gasteiger partial charge in [-0.25, -0.2) is 0 Å². The van der Waals surface area contributed by atoms with Gasteiger partial charge >= 0.3 is 0 Å². The van der Waals surface area contributed by atoms with Crippen molar-refractivity contribution in [3.63, 3.8) is 0 Å². The Bertz CT molecular complexity index is 855. The summed E-state index contributed by atoms with van der Waals surface area (Å²) in [4.78, 5) is 5.59. The molecule has 1 fully saturated rings. The maximum Gasteiger partial charge on any atom is 0.165 e. The lowest BCUT2D eigenvalue weighted by Crippen LogP contribution is -2.41. The van der Waals surface area contributed by atoms with Crippen molar-refractivity contribution in [2.75, 3.05) is 19.8 Å². The summed E-state index contributed by atoms with van der Waals surface area (Å²) in [5.41, 5.74) is 2.02. The van der Waals surface area contributed by atoms with Crippen molar-refractivity contribution in [2.45, 2.75) is 90.8 Å². The Labute approximate surface area is 200 Å². The maximum atomic E-state index is 6.12. The molecule has 0 spiro atoms.